The molecule has 1 atom stereocenters. The zero-order chi connectivity index (χ0) is 20.2. The fourth-order valence-electron chi connectivity index (χ4n) is 3.04. The highest BCUT2D eigenvalue weighted by Crippen LogP contribution is 2.33. The van der Waals surface area contributed by atoms with Crippen molar-refractivity contribution in [2.45, 2.75) is 30.8 Å². The van der Waals surface area contributed by atoms with Gasteiger partial charge in [-0.05, 0) is 26.0 Å². The van der Waals surface area contributed by atoms with Gasteiger partial charge in [-0.15, -0.1) is 10.2 Å². The second-order valence-electron chi connectivity index (χ2n) is 6.52. The Morgan fingerprint density at radius 3 is 2.66 bits per heavy atom. The standard InChI is InChI=1S/C21H22N4O3S/c1-3-25-19(15-7-5-4-6-8-15)23-24-21(25)29-14(2)20(26)22-16-9-10-17-18(13-16)28-12-11-27-17/h4-10,13-14H,3,11-12H2,1-2H3,(H,22,26). The van der Waals surface area contributed by atoms with E-state index in [2.05, 4.69) is 15.5 Å². The van der Waals surface area contributed by atoms with Crippen LogP contribution in [-0.4, -0.2) is 39.1 Å². The highest BCUT2D eigenvalue weighted by Gasteiger charge is 2.21. The van der Waals surface area contributed by atoms with Crippen LogP contribution < -0.4 is 14.8 Å². The van der Waals surface area contributed by atoms with Gasteiger partial charge in [-0.2, -0.15) is 0 Å². The number of ether oxygens (including phenoxy) is 2. The van der Waals surface area contributed by atoms with Gasteiger partial charge >= 0.3 is 0 Å². The van der Waals surface area contributed by atoms with Crippen molar-refractivity contribution in [2.75, 3.05) is 18.5 Å². The molecule has 1 N–H and O–H groups in total. The number of hydrogen-bond acceptors (Lipinski definition) is 6. The van der Waals surface area contributed by atoms with Crippen LogP contribution in [0.4, 0.5) is 5.69 Å². The molecule has 0 spiro atoms. The Morgan fingerprint density at radius 1 is 1.14 bits per heavy atom. The molecule has 2 heterocycles. The summed E-state index contributed by atoms with van der Waals surface area (Å²) in [6.45, 7) is 5.66. The van der Waals surface area contributed by atoms with Crippen LogP contribution in [0.15, 0.2) is 53.7 Å². The van der Waals surface area contributed by atoms with Crippen molar-refractivity contribution in [2.24, 2.45) is 0 Å². The second-order valence-corrected chi connectivity index (χ2v) is 7.83. The number of nitrogens with zero attached hydrogens (tertiary/aromatic N) is 3. The number of hydrogen-bond donors (Lipinski definition) is 1. The molecular weight excluding hydrogens is 388 g/mol. The van der Waals surface area contributed by atoms with Crippen LogP contribution in [0.2, 0.25) is 0 Å². The fraction of sp³-hybridized carbons (Fsp3) is 0.286. The van der Waals surface area contributed by atoms with Gasteiger partial charge in [-0.25, -0.2) is 0 Å². The van der Waals surface area contributed by atoms with Gasteiger partial charge in [0.05, 0.1) is 5.25 Å². The molecule has 0 bridgehead atoms. The van der Waals surface area contributed by atoms with E-state index in [4.69, 9.17) is 9.47 Å². The van der Waals surface area contributed by atoms with E-state index in [0.717, 1.165) is 23.1 Å². The number of nitrogens with one attached hydrogen (secondary N) is 1. The molecule has 7 nitrogen and oxygen atoms in total. The molecule has 0 aliphatic carbocycles. The molecule has 0 saturated carbocycles. The third-order valence-electron chi connectivity index (χ3n) is 4.53. The van der Waals surface area contributed by atoms with Gasteiger partial charge in [-0.3, -0.25) is 4.79 Å². The number of aromatic nitrogens is 3. The SMILES string of the molecule is CCn1c(SC(C)C(=O)Nc2ccc3c(c2)OCCO3)nnc1-c1ccccc1. The van der Waals surface area contributed by atoms with E-state index in [-0.39, 0.29) is 11.2 Å². The van der Waals surface area contributed by atoms with Crippen LogP contribution in [0.1, 0.15) is 13.8 Å². The molecule has 1 aromatic heterocycles. The molecule has 0 fully saturated rings. The Hall–Kier alpha value is -3.00. The number of thioether (sulfide) groups is 1. The predicted octanol–water partition coefficient (Wildman–Crippen LogP) is 3.86. The summed E-state index contributed by atoms with van der Waals surface area (Å²) >= 11 is 1.39. The maximum absolute atomic E-state index is 12.7. The largest absolute Gasteiger partial charge is 0.486 e. The van der Waals surface area contributed by atoms with Crippen LogP contribution in [0.25, 0.3) is 11.4 Å². The number of carbonyl (C=O) groups excluding carboxylic acids is 1. The Balaban J connectivity index is 1.46. The van der Waals surface area contributed by atoms with Gasteiger partial charge in [0.1, 0.15) is 13.2 Å². The number of benzene rings is 2. The first-order valence-electron chi connectivity index (χ1n) is 9.51. The lowest BCUT2D eigenvalue weighted by atomic mass is 10.2. The number of rotatable bonds is 6. The van der Waals surface area contributed by atoms with E-state index in [9.17, 15) is 4.79 Å². The molecule has 4 rings (SSSR count). The van der Waals surface area contributed by atoms with Crippen LogP contribution in [0, 0.1) is 0 Å². The summed E-state index contributed by atoms with van der Waals surface area (Å²) in [7, 11) is 0. The first-order valence-corrected chi connectivity index (χ1v) is 10.4. The van der Waals surface area contributed by atoms with Crippen LogP contribution in [-0.2, 0) is 11.3 Å². The lowest BCUT2D eigenvalue weighted by molar-refractivity contribution is -0.115. The Kier molecular flexibility index (Phi) is 5.71. The summed E-state index contributed by atoms with van der Waals surface area (Å²) in [5, 5.41) is 11.9. The molecule has 1 aliphatic rings. The quantitative estimate of drug-likeness (QED) is 0.622. The summed E-state index contributed by atoms with van der Waals surface area (Å²) < 4.78 is 13.1. The third-order valence-corrected chi connectivity index (χ3v) is 5.61. The Morgan fingerprint density at radius 2 is 1.90 bits per heavy atom. The average molecular weight is 410 g/mol. The van der Waals surface area contributed by atoms with Crippen molar-refractivity contribution in [1.82, 2.24) is 14.8 Å². The van der Waals surface area contributed by atoms with Gasteiger partial charge in [0, 0.05) is 23.9 Å². The van der Waals surface area contributed by atoms with Crippen molar-refractivity contribution in [1.29, 1.82) is 0 Å². The maximum atomic E-state index is 12.7. The van der Waals surface area contributed by atoms with Gasteiger partial charge in [-0.1, -0.05) is 42.1 Å². The molecule has 8 heteroatoms. The van der Waals surface area contributed by atoms with Gasteiger partial charge < -0.3 is 19.4 Å². The van der Waals surface area contributed by atoms with E-state index in [1.807, 2.05) is 60.9 Å². The Bertz CT molecular complexity index is 1010. The molecule has 150 valence electrons. The minimum absolute atomic E-state index is 0.112. The van der Waals surface area contributed by atoms with Crippen molar-refractivity contribution in [3.05, 3.63) is 48.5 Å². The van der Waals surface area contributed by atoms with Crippen LogP contribution in [0.3, 0.4) is 0 Å². The van der Waals surface area contributed by atoms with Crippen molar-refractivity contribution in [3.63, 3.8) is 0 Å². The van der Waals surface area contributed by atoms with E-state index < -0.39 is 0 Å². The number of fused-ring (bicyclic) bond motifs is 1. The monoisotopic (exact) mass is 410 g/mol. The van der Waals surface area contributed by atoms with E-state index in [1.54, 1.807) is 6.07 Å². The highest BCUT2D eigenvalue weighted by molar-refractivity contribution is 8.00. The summed E-state index contributed by atoms with van der Waals surface area (Å²) in [6, 6.07) is 15.3. The molecule has 0 saturated heterocycles. The molecule has 1 amide bonds. The van der Waals surface area contributed by atoms with Crippen LogP contribution in [0.5, 0.6) is 11.5 Å². The topological polar surface area (TPSA) is 78.3 Å². The second kappa shape index (κ2) is 8.57. The first-order chi connectivity index (χ1) is 14.2. The number of anilines is 1. The van der Waals surface area contributed by atoms with Gasteiger partial charge in [0.15, 0.2) is 22.5 Å². The van der Waals surface area contributed by atoms with E-state index in [0.29, 0.717) is 30.4 Å². The first kappa shape index (κ1) is 19.3. The van der Waals surface area contributed by atoms with E-state index >= 15 is 0 Å². The number of amides is 1. The zero-order valence-electron chi connectivity index (χ0n) is 16.3. The van der Waals surface area contributed by atoms with Crippen molar-refractivity contribution < 1.29 is 14.3 Å². The highest BCUT2D eigenvalue weighted by atomic mass is 32.2. The smallest absolute Gasteiger partial charge is 0.237 e. The summed E-state index contributed by atoms with van der Waals surface area (Å²) in [6.07, 6.45) is 0. The van der Waals surface area contributed by atoms with E-state index in [1.165, 1.54) is 11.8 Å². The molecule has 1 unspecified atom stereocenters. The number of carbonyl (C=O) groups is 1. The van der Waals surface area contributed by atoms with Gasteiger partial charge in [0.25, 0.3) is 0 Å². The van der Waals surface area contributed by atoms with Crippen LogP contribution >= 0.6 is 11.8 Å². The Labute approximate surface area is 173 Å². The van der Waals surface area contributed by atoms with Crippen molar-refractivity contribution in [3.8, 4) is 22.9 Å². The zero-order valence-corrected chi connectivity index (χ0v) is 17.1. The van der Waals surface area contributed by atoms with Gasteiger partial charge in [0.2, 0.25) is 5.91 Å². The fourth-order valence-corrected chi connectivity index (χ4v) is 3.95. The normalized spacial score (nSPS) is 13.7. The summed E-state index contributed by atoms with van der Waals surface area (Å²) in [5.74, 6) is 2.03. The third kappa shape index (κ3) is 4.22. The summed E-state index contributed by atoms with van der Waals surface area (Å²) in [5.41, 5.74) is 1.68. The molecular formula is C21H22N4O3S. The maximum Gasteiger partial charge on any atom is 0.237 e. The lowest BCUT2D eigenvalue weighted by Gasteiger charge is -2.19. The average Bonchev–Trinajstić information content (AvgIpc) is 3.16. The minimum atomic E-state index is -0.346. The summed E-state index contributed by atoms with van der Waals surface area (Å²) in [4.78, 5) is 12.7. The predicted molar refractivity (Wildman–Crippen MR) is 113 cm³/mol. The minimum Gasteiger partial charge on any atom is -0.486 e. The molecule has 0 radical (unpaired) electrons. The van der Waals surface area contributed by atoms with Crippen molar-refractivity contribution >= 4 is 23.4 Å². The molecule has 29 heavy (non-hydrogen) atoms. The molecule has 2 aromatic carbocycles. The lowest BCUT2D eigenvalue weighted by Crippen LogP contribution is -2.23. The molecule has 3 aromatic rings. The molecule has 1 aliphatic heterocycles.